The zero-order valence-corrected chi connectivity index (χ0v) is 16.6. The Bertz CT molecular complexity index is 1190. The number of hydrogen-bond acceptors (Lipinski definition) is 2. The van der Waals surface area contributed by atoms with E-state index in [1.165, 1.54) is 17.7 Å². The number of benzene rings is 2. The van der Waals surface area contributed by atoms with E-state index in [2.05, 4.69) is 21.9 Å². The highest BCUT2D eigenvalue weighted by Gasteiger charge is 2.29. The second-order valence-corrected chi connectivity index (χ2v) is 8.37. The molecular formula is C24H22F3N3. The number of pyridine rings is 1. The minimum atomic E-state index is -0.880. The molecule has 0 amide bonds. The summed E-state index contributed by atoms with van der Waals surface area (Å²) in [6.07, 6.45) is 5.86. The van der Waals surface area contributed by atoms with Crippen LogP contribution in [0.2, 0.25) is 0 Å². The number of aromatic nitrogens is 3. The molecule has 3 nitrogen and oxygen atoms in total. The number of rotatable bonds is 3. The summed E-state index contributed by atoms with van der Waals surface area (Å²) >= 11 is 0. The molecule has 154 valence electrons. The Morgan fingerprint density at radius 2 is 1.70 bits per heavy atom. The van der Waals surface area contributed by atoms with Gasteiger partial charge in [0.2, 0.25) is 0 Å². The van der Waals surface area contributed by atoms with Crippen molar-refractivity contribution in [1.29, 1.82) is 0 Å². The summed E-state index contributed by atoms with van der Waals surface area (Å²) < 4.78 is 40.8. The van der Waals surface area contributed by atoms with Crippen LogP contribution in [-0.2, 0) is 0 Å². The molecule has 2 aromatic heterocycles. The van der Waals surface area contributed by atoms with E-state index in [4.69, 9.17) is 0 Å². The predicted molar refractivity (Wildman–Crippen MR) is 111 cm³/mol. The number of halogens is 3. The lowest BCUT2D eigenvalue weighted by Crippen LogP contribution is -2.19. The third-order valence-electron chi connectivity index (χ3n) is 6.63. The Morgan fingerprint density at radius 1 is 0.933 bits per heavy atom. The first kappa shape index (κ1) is 19.1. The summed E-state index contributed by atoms with van der Waals surface area (Å²) in [4.78, 5) is 12.0. The van der Waals surface area contributed by atoms with Gasteiger partial charge in [0.15, 0.2) is 11.6 Å². The molecule has 0 unspecified atom stereocenters. The van der Waals surface area contributed by atoms with Crippen LogP contribution in [0.5, 0.6) is 0 Å². The first-order chi connectivity index (χ1) is 14.5. The van der Waals surface area contributed by atoms with Crippen LogP contribution in [0.3, 0.4) is 0 Å². The lowest BCUT2D eigenvalue weighted by atomic mass is 9.73. The number of nitrogens with zero attached hydrogens (tertiary/aromatic N) is 2. The molecule has 0 aliphatic heterocycles. The van der Waals surface area contributed by atoms with Gasteiger partial charge in [-0.1, -0.05) is 6.92 Å². The van der Waals surface area contributed by atoms with Gasteiger partial charge < -0.3 is 4.98 Å². The maximum absolute atomic E-state index is 13.8. The molecule has 0 bridgehead atoms. The van der Waals surface area contributed by atoms with Crippen molar-refractivity contribution >= 4 is 21.9 Å². The number of imidazole rings is 1. The highest BCUT2D eigenvalue weighted by atomic mass is 19.2. The Kier molecular flexibility index (Phi) is 4.72. The molecule has 1 fully saturated rings. The largest absolute Gasteiger partial charge is 0.342 e. The molecular weight excluding hydrogens is 387 g/mol. The second-order valence-electron chi connectivity index (χ2n) is 8.37. The third-order valence-corrected chi connectivity index (χ3v) is 6.63. The summed E-state index contributed by atoms with van der Waals surface area (Å²) in [6, 6.07) is 9.08. The molecule has 1 N–H and O–H groups in total. The molecule has 0 saturated heterocycles. The van der Waals surface area contributed by atoms with Crippen molar-refractivity contribution in [2.75, 3.05) is 0 Å². The molecule has 1 aliphatic rings. The van der Waals surface area contributed by atoms with Crippen molar-refractivity contribution in [3.05, 3.63) is 71.4 Å². The van der Waals surface area contributed by atoms with E-state index >= 15 is 0 Å². The van der Waals surface area contributed by atoms with E-state index in [-0.39, 0.29) is 11.7 Å². The van der Waals surface area contributed by atoms with E-state index in [9.17, 15) is 13.2 Å². The van der Waals surface area contributed by atoms with Crippen molar-refractivity contribution < 1.29 is 13.2 Å². The lowest BCUT2D eigenvalue weighted by molar-refractivity contribution is 0.286. The van der Waals surface area contributed by atoms with Crippen LogP contribution in [0.15, 0.2) is 42.6 Å². The summed E-state index contributed by atoms with van der Waals surface area (Å²) in [7, 11) is 0. The standard InChI is InChI=1S/C24H22F3N3/c1-13(24-29-22-11-19(26)20(27)12-23(22)30-24)14-2-4-15(5-3-14)17-8-9-28-21-7-6-16(25)10-18(17)21/h6-15H,2-5H2,1H3,(H,29,30)/t13-,14-,15+/m1/s1. The summed E-state index contributed by atoms with van der Waals surface area (Å²) in [5.74, 6) is -0.245. The van der Waals surface area contributed by atoms with Crippen LogP contribution in [0.25, 0.3) is 21.9 Å². The molecule has 6 heteroatoms. The van der Waals surface area contributed by atoms with Gasteiger partial charge in [0.05, 0.1) is 16.6 Å². The topological polar surface area (TPSA) is 41.6 Å². The smallest absolute Gasteiger partial charge is 0.161 e. The van der Waals surface area contributed by atoms with E-state index < -0.39 is 11.6 Å². The van der Waals surface area contributed by atoms with Gasteiger partial charge in [-0.2, -0.15) is 0 Å². The highest BCUT2D eigenvalue weighted by Crippen LogP contribution is 2.43. The van der Waals surface area contributed by atoms with E-state index in [0.717, 1.165) is 48.5 Å². The van der Waals surface area contributed by atoms with Crippen molar-refractivity contribution in [2.45, 2.75) is 44.4 Å². The number of H-pyrrole nitrogens is 1. The number of aromatic amines is 1. The Balaban J connectivity index is 1.34. The molecule has 30 heavy (non-hydrogen) atoms. The first-order valence-electron chi connectivity index (χ1n) is 10.4. The van der Waals surface area contributed by atoms with Gasteiger partial charge in [0, 0.05) is 29.6 Å². The Hall–Kier alpha value is -2.89. The van der Waals surface area contributed by atoms with E-state index in [1.807, 2.05) is 6.07 Å². The monoisotopic (exact) mass is 409 g/mol. The SMILES string of the molecule is C[C@@H](c1nc2cc(F)c(F)cc2[nH]1)[C@H]1CC[C@@H](c2ccnc3ccc(F)cc32)CC1. The van der Waals surface area contributed by atoms with Crippen molar-refractivity contribution in [2.24, 2.45) is 5.92 Å². The summed E-state index contributed by atoms with van der Waals surface area (Å²) in [5.41, 5.74) is 2.97. The molecule has 1 aliphatic carbocycles. The van der Waals surface area contributed by atoms with Crippen LogP contribution in [-0.4, -0.2) is 15.0 Å². The van der Waals surface area contributed by atoms with Crippen molar-refractivity contribution in [1.82, 2.24) is 15.0 Å². The van der Waals surface area contributed by atoms with Gasteiger partial charge in [-0.25, -0.2) is 18.2 Å². The van der Waals surface area contributed by atoms with Crippen molar-refractivity contribution in [3.8, 4) is 0 Å². The molecule has 5 rings (SSSR count). The minimum Gasteiger partial charge on any atom is -0.342 e. The molecule has 2 aromatic carbocycles. The third kappa shape index (κ3) is 3.34. The zero-order chi connectivity index (χ0) is 20.8. The lowest BCUT2D eigenvalue weighted by Gasteiger charge is -2.32. The van der Waals surface area contributed by atoms with Gasteiger partial charge in [-0.15, -0.1) is 0 Å². The van der Waals surface area contributed by atoms with Crippen molar-refractivity contribution in [3.63, 3.8) is 0 Å². The molecule has 2 heterocycles. The summed E-state index contributed by atoms with van der Waals surface area (Å²) in [6.45, 7) is 2.12. The highest BCUT2D eigenvalue weighted by molar-refractivity contribution is 5.82. The quantitative estimate of drug-likeness (QED) is 0.414. The fourth-order valence-electron chi connectivity index (χ4n) is 4.89. The van der Waals surface area contributed by atoms with Gasteiger partial charge in [0.25, 0.3) is 0 Å². The second kappa shape index (κ2) is 7.42. The van der Waals surface area contributed by atoms with Gasteiger partial charge in [-0.05, 0) is 67.3 Å². The molecule has 1 atom stereocenters. The van der Waals surface area contributed by atoms with Crippen LogP contribution in [0.1, 0.15) is 55.8 Å². The minimum absolute atomic E-state index is 0.163. The fraction of sp³-hybridized carbons (Fsp3) is 0.333. The van der Waals surface area contributed by atoms with Gasteiger partial charge >= 0.3 is 0 Å². The number of fused-ring (bicyclic) bond motifs is 2. The predicted octanol–water partition coefficient (Wildman–Crippen LogP) is 6.61. The molecule has 0 spiro atoms. The zero-order valence-electron chi connectivity index (χ0n) is 16.6. The number of hydrogen-bond donors (Lipinski definition) is 1. The molecule has 0 radical (unpaired) electrons. The van der Waals surface area contributed by atoms with Crippen LogP contribution < -0.4 is 0 Å². The Labute approximate surface area is 172 Å². The van der Waals surface area contributed by atoms with E-state index in [0.29, 0.717) is 22.9 Å². The molecule has 4 aromatic rings. The average molecular weight is 409 g/mol. The first-order valence-corrected chi connectivity index (χ1v) is 10.4. The van der Waals surface area contributed by atoms with Gasteiger partial charge in [-0.3, -0.25) is 4.98 Å². The van der Waals surface area contributed by atoms with Crippen LogP contribution in [0.4, 0.5) is 13.2 Å². The van der Waals surface area contributed by atoms with E-state index in [1.54, 1.807) is 18.3 Å². The maximum atomic E-state index is 13.8. The summed E-state index contributed by atoms with van der Waals surface area (Å²) in [5, 5.41) is 0.898. The van der Waals surface area contributed by atoms with Crippen LogP contribution in [0, 0.1) is 23.4 Å². The molecule has 1 saturated carbocycles. The average Bonchev–Trinajstić information content (AvgIpc) is 3.16. The van der Waals surface area contributed by atoms with Crippen LogP contribution >= 0.6 is 0 Å². The normalized spacial score (nSPS) is 20.7. The Morgan fingerprint density at radius 3 is 2.50 bits per heavy atom. The number of nitrogens with one attached hydrogen (secondary N) is 1. The fourth-order valence-corrected chi connectivity index (χ4v) is 4.89. The van der Waals surface area contributed by atoms with Gasteiger partial charge in [0.1, 0.15) is 11.6 Å². The maximum Gasteiger partial charge on any atom is 0.161 e.